The molecule has 2 aliphatic rings. The normalized spacial score (nSPS) is 16.1. The van der Waals surface area contributed by atoms with Gasteiger partial charge in [0.1, 0.15) is 0 Å². The number of hydrogen-bond acceptors (Lipinski definition) is 5. The van der Waals surface area contributed by atoms with E-state index in [4.69, 9.17) is 5.73 Å². The second kappa shape index (κ2) is 7.97. The Morgan fingerprint density at radius 3 is 2.51 bits per heavy atom. The number of aryl methyl sites for hydroxylation is 1. The number of carbonyl (C=O) groups excluding carboxylic acids is 2. The van der Waals surface area contributed by atoms with E-state index < -0.39 is 23.2 Å². The zero-order valence-electron chi connectivity index (χ0n) is 18.6. The second-order valence-electron chi connectivity index (χ2n) is 8.73. The number of anilines is 4. The van der Waals surface area contributed by atoms with Crippen molar-refractivity contribution in [3.05, 3.63) is 71.0 Å². The molecule has 3 aromatic rings. The third kappa shape index (κ3) is 4.13. The summed E-state index contributed by atoms with van der Waals surface area (Å²) in [6.45, 7) is 2.11. The van der Waals surface area contributed by atoms with Crippen LogP contribution in [0.5, 0.6) is 0 Å². The van der Waals surface area contributed by atoms with Crippen LogP contribution in [-0.4, -0.2) is 21.9 Å². The lowest BCUT2D eigenvalue weighted by molar-refractivity contribution is -0.137. The molecular formula is C24H21F3N6O2. The van der Waals surface area contributed by atoms with Crippen molar-refractivity contribution in [2.75, 3.05) is 21.3 Å². The van der Waals surface area contributed by atoms with Crippen LogP contribution in [0.3, 0.4) is 0 Å². The van der Waals surface area contributed by atoms with Gasteiger partial charge in [-0.1, -0.05) is 12.1 Å². The highest BCUT2D eigenvalue weighted by Crippen LogP contribution is 2.53. The lowest BCUT2D eigenvalue weighted by atomic mass is 9.91. The average Bonchev–Trinajstić information content (AvgIpc) is 3.60. The van der Waals surface area contributed by atoms with Crippen molar-refractivity contribution in [1.29, 1.82) is 0 Å². The van der Waals surface area contributed by atoms with Gasteiger partial charge in [0.25, 0.3) is 0 Å². The van der Waals surface area contributed by atoms with Gasteiger partial charge in [0.05, 0.1) is 23.2 Å². The number of benzene rings is 2. The standard InChI is InChI=1S/C24H21F3N6O2/c1-13-5-6-17(31-22(35)30-16-4-2-3-15(9-16)24(25,26)27)10-18(13)33-12-14-11-29-21(28)32-19(14)23(7-8-23)20(33)34/h2-6,9-11H,7-8,12H2,1H3,(H2,28,29,32)(H2,30,31,35). The Morgan fingerprint density at radius 1 is 1.11 bits per heavy atom. The zero-order valence-corrected chi connectivity index (χ0v) is 18.6. The molecule has 1 spiro atoms. The van der Waals surface area contributed by atoms with Crippen LogP contribution in [-0.2, 0) is 22.9 Å². The molecule has 180 valence electrons. The first kappa shape index (κ1) is 22.6. The number of nitrogens with one attached hydrogen (secondary N) is 2. The molecule has 35 heavy (non-hydrogen) atoms. The molecule has 0 saturated heterocycles. The minimum Gasteiger partial charge on any atom is -0.368 e. The van der Waals surface area contributed by atoms with Gasteiger partial charge in [0.2, 0.25) is 11.9 Å². The molecule has 1 aromatic heterocycles. The van der Waals surface area contributed by atoms with Crippen molar-refractivity contribution in [1.82, 2.24) is 9.97 Å². The molecule has 0 bridgehead atoms. The van der Waals surface area contributed by atoms with E-state index in [0.29, 0.717) is 29.9 Å². The predicted octanol–water partition coefficient (Wildman–Crippen LogP) is 4.61. The van der Waals surface area contributed by atoms with Gasteiger partial charge in [0.15, 0.2) is 0 Å². The number of nitrogen functional groups attached to an aromatic ring is 1. The minimum atomic E-state index is -4.52. The van der Waals surface area contributed by atoms with Gasteiger partial charge >= 0.3 is 12.2 Å². The highest BCUT2D eigenvalue weighted by atomic mass is 19.4. The number of amides is 3. The van der Waals surface area contributed by atoms with Gasteiger partial charge in [-0.2, -0.15) is 13.2 Å². The molecule has 8 nitrogen and oxygen atoms in total. The van der Waals surface area contributed by atoms with E-state index >= 15 is 0 Å². The molecule has 11 heteroatoms. The number of fused-ring (bicyclic) bond motifs is 2. The number of halogens is 3. The average molecular weight is 482 g/mol. The molecule has 0 atom stereocenters. The van der Waals surface area contributed by atoms with Gasteiger partial charge in [-0.15, -0.1) is 0 Å². The number of hydrogen-bond donors (Lipinski definition) is 3. The summed E-state index contributed by atoms with van der Waals surface area (Å²) in [5.41, 5.74) is 7.49. The summed E-state index contributed by atoms with van der Waals surface area (Å²) in [5, 5.41) is 5.03. The van der Waals surface area contributed by atoms with E-state index in [1.807, 2.05) is 6.92 Å². The molecule has 1 aliphatic heterocycles. The Bertz CT molecular complexity index is 1350. The molecule has 1 aliphatic carbocycles. The molecule has 5 rings (SSSR count). The minimum absolute atomic E-state index is 0.00224. The third-order valence-corrected chi connectivity index (χ3v) is 6.28. The second-order valence-corrected chi connectivity index (χ2v) is 8.73. The van der Waals surface area contributed by atoms with Gasteiger partial charge in [-0.25, -0.2) is 14.8 Å². The van der Waals surface area contributed by atoms with Crippen LogP contribution in [0.4, 0.5) is 41.0 Å². The number of nitrogens with two attached hydrogens (primary N) is 1. The van der Waals surface area contributed by atoms with E-state index in [0.717, 1.165) is 23.3 Å². The van der Waals surface area contributed by atoms with Crippen LogP contribution in [0.1, 0.15) is 35.2 Å². The maximum atomic E-state index is 13.5. The van der Waals surface area contributed by atoms with Gasteiger partial charge < -0.3 is 21.3 Å². The van der Waals surface area contributed by atoms with Crippen molar-refractivity contribution in [2.24, 2.45) is 0 Å². The largest absolute Gasteiger partial charge is 0.416 e. The summed E-state index contributed by atoms with van der Waals surface area (Å²) in [6, 6.07) is 8.73. The number of urea groups is 1. The first-order valence-electron chi connectivity index (χ1n) is 10.9. The van der Waals surface area contributed by atoms with E-state index in [1.54, 1.807) is 29.3 Å². The van der Waals surface area contributed by atoms with Gasteiger partial charge in [-0.05, 0) is 55.7 Å². The van der Waals surface area contributed by atoms with Crippen molar-refractivity contribution in [3.8, 4) is 0 Å². The Labute approximate surface area is 198 Å². The molecule has 2 aromatic carbocycles. The fraction of sp³-hybridized carbons (Fsp3) is 0.250. The Hall–Kier alpha value is -4.15. The Kier molecular flexibility index (Phi) is 5.15. The lowest BCUT2D eigenvalue weighted by Crippen LogP contribution is -2.45. The van der Waals surface area contributed by atoms with Crippen molar-refractivity contribution < 1.29 is 22.8 Å². The van der Waals surface area contributed by atoms with Gasteiger partial charge in [0, 0.05) is 28.8 Å². The van der Waals surface area contributed by atoms with Crippen LogP contribution in [0.2, 0.25) is 0 Å². The highest BCUT2D eigenvalue weighted by Gasteiger charge is 2.58. The molecule has 0 unspecified atom stereocenters. The van der Waals surface area contributed by atoms with Crippen LogP contribution in [0.25, 0.3) is 0 Å². The molecule has 3 amide bonds. The van der Waals surface area contributed by atoms with Crippen LogP contribution in [0.15, 0.2) is 48.7 Å². The number of nitrogens with zero attached hydrogens (tertiary/aromatic N) is 3. The van der Waals surface area contributed by atoms with E-state index in [-0.39, 0.29) is 24.1 Å². The van der Waals surface area contributed by atoms with Crippen molar-refractivity contribution in [3.63, 3.8) is 0 Å². The van der Waals surface area contributed by atoms with Crippen LogP contribution in [0, 0.1) is 6.92 Å². The number of aromatic nitrogens is 2. The van der Waals surface area contributed by atoms with Crippen LogP contribution < -0.4 is 21.3 Å². The lowest BCUT2D eigenvalue weighted by Gasteiger charge is -2.34. The van der Waals surface area contributed by atoms with Crippen molar-refractivity contribution in [2.45, 2.75) is 37.9 Å². The zero-order chi connectivity index (χ0) is 25.0. The first-order valence-corrected chi connectivity index (χ1v) is 10.9. The van der Waals surface area contributed by atoms with Crippen molar-refractivity contribution >= 4 is 34.9 Å². The maximum Gasteiger partial charge on any atom is 0.416 e. The molecule has 1 fully saturated rings. The quantitative estimate of drug-likeness (QED) is 0.505. The summed E-state index contributed by atoms with van der Waals surface area (Å²) in [7, 11) is 0. The number of carbonyl (C=O) groups is 2. The fourth-order valence-corrected chi connectivity index (χ4v) is 4.37. The van der Waals surface area contributed by atoms with E-state index in [2.05, 4.69) is 20.6 Å². The monoisotopic (exact) mass is 482 g/mol. The SMILES string of the molecule is Cc1ccc(NC(=O)Nc2cccc(C(F)(F)F)c2)cc1N1Cc2cnc(N)nc2C2(CC2)C1=O. The number of alkyl halides is 3. The molecule has 1 saturated carbocycles. The van der Waals surface area contributed by atoms with Gasteiger partial charge in [-0.3, -0.25) is 4.79 Å². The molecular weight excluding hydrogens is 461 g/mol. The smallest absolute Gasteiger partial charge is 0.368 e. The Morgan fingerprint density at radius 2 is 1.83 bits per heavy atom. The van der Waals surface area contributed by atoms with E-state index in [9.17, 15) is 22.8 Å². The summed E-state index contributed by atoms with van der Waals surface area (Å²) in [4.78, 5) is 36.0. The summed E-state index contributed by atoms with van der Waals surface area (Å²) in [5.74, 6) is 0.0437. The number of rotatable bonds is 3. The molecule has 0 radical (unpaired) electrons. The summed E-state index contributed by atoms with van der Waals surface area (Å²) < 4.78 is 38.8. The maximum absolute atomic E-state index is 13.5. The topological polar surface area (TPSA) is 113 Å². The van der Waals surface area contributed by atoms with E-state index in [1.165, 1.54) is 12.1 Å². The third-order valence-electron chi connectivity index (χ3n) is 6.28. The Balaban J connectivity index is 1.38. The fourth-order valence-electron chi connectivity index (χ4n) is 4.37. The molecule has 2 heterocycles. The predicted molar refractivity (Wildman–Crippen MR) is 124 cm³/mol. The first-order chi connectivity index (χ1) is 16.6. The highest BCUT2D eigenvalue weighted by molar-refractivity contribution is 6.06. The summed E-state index contributed by atoms with van der Waals surface area (Å²) in [6.07, 6.45) is -1.54. The molecule has 4 N–H and O–H groups in total. The van der Waals surface area contributed by atoms with Crippen LogP contribution >= 0.6 is 0 Å². The summed E-state index contributed by atoms with van der Waals surface area (Å²) >= 11 is 0.